The highest BCUT2D eigenvalue weighted by molar-refractivity contribution is 5.48. The molecule has 112 valence electrons. The van der Waals surface area contributed by atoms with Crippen LogP contribution in [-0.2, 0) is 0 Å². The van der Waals surface area contributed by atoms with Gasteiger partial charge in [-0.2, -0.15) is 0 Å². The van der Waals surface area contributed by atoms with E-state index < -0.39 is 0 Å². The Bertz CT molecular complexity index is 380. The topological polar surface area (TPSA) is 35.5 Å². The van der Waals surface area contributed by atoms with Crippen LogP contribution in [-0.4, -0.2) is 30.8 Å². The molecule has 1 aromatic carbocycles. The predicted molar refractivity (Wildman–Crippen MR) is 85.2 cm³/mol. The molecule has 3 heteroatoms. The van der Waals surface area contributed by atoms with E-state index in [0.717, 1.165) is 6.42 Å². The second-order valence-electron chi connectivity index (χ2n) is 5.82. The Labute approximate surface area is 123 Å². The van der Waals surface area contributed by atoms with Crippen LogP contribution in [0.4, 0.5) is 5.69 Å². The van der Waals surface area contributed by atoms with Gasteiger partial charge in [0.25, 0.3) is 0 Å². The van der Waals surface area contributed by atoms with E-state index in [0.29, 0.717) is 0 Å². The molecule has 1 aliphatic rings. The second kappa shape index (κ2) is 7.65. The summed E-state index contributed by atoms with van der Waals surface area (Å²) in [4.78, 5) is 2.48. The van der Waals surface area contributed by atoms with Gasteiger partial charge in [-0.1, -0.05) is 19.1 Å². The maximum Gasteiger partial charge on any atom is 0.0584 e. The van der Waals surface area contributed by atoms with Crippen LogP contribution in [0.2, 0.25) is 0 Å². The molecule has 1 aromatic rings. The number of aliphatic hydroxyl groups is 1. The molecule has 3 nitrogen and oxygen atoms in total. The Morgan fingerprint density at radius 2 is 1.80 bits per heavy atom. The molecule has 20 heavy (non-hydrogen) atoms. The lowest BCUT2D eigenvalue weighted by Gasteiger charge is -2.29. The van der Waals surface area contributed by atoms with E-state index in [1.165, 1.54) is 43.6 Å². The number of benzene rings is 1. The Hall–Kier alpha value is -1.06. The molecular formula is C17H28N2O. The van der Waals surface area contributed by atoms with Crippen LogP contribution in [0.25, 0.3) is 0 Å². The van der Waals surface area contributed by atoms with E-state index in [9.17, 15) is 5.11 Å². The average Bonchev–Trinajstić information content (AvgIpc) is 2.53. The zero-order valence-corrected chi connectivity index (χ0v) is 12.8. The van der Waals surface area contributed by atoms with Crippen LogP contribution in [0.1, 0.15) is 51.1 Å². The Balaban J connectivity index is 1.96. The monoisotopic (exact) mass is 276 g/mol. The van der Waals surface area contributed by atoms with E-state index in [2.05, 4.69) is 48.3 Å². The third-order valence-electron chi connectivity index (χ3n) is 4.31. The van der Waals surface area contributed by atoms with Crippen molar-refractivity contribution in [3.63, 3.8) is 0 Å². The third-order valence-corrected chi connectivity index (χ3v) is 4.31. The second-order valence-corrected chi connectivity index (χ2v) is 5.82. The van der Waals surface area contributed by atoms with Gasteiger partial charge in [-0.3, -0.25) is 0 Å². The molecule has 0 saturated carbocycles. The standard InChI is InChI=1S/C17H28N2O/c1-3-16(13-20)18-14(2)15-7-9-17(10-8-15)19-11-5-4-6-12-19/h7-10,14,16,18,20H,3-6,11-13H2,1-2H3. The van der Waals surface area contributed by atoms with Gasteiger partial charge in [-0.15, -0.1) is 0 Å². The van der Waals surface area contributed by atoms with Crippen molar-refractivity contribution in [2.24, 2.45) is 0 Å². The predicted octanol–water partition coefficient (Wildman–Crippen LogP) is 3.10. The summed E-state index contributed by atoms with van der Waals surface area (Å²) in [5, 5.41) is 12.7. The van der Waals surface area contributed by atoms with Gasteiger partial charge < -0.3 is 15.3 Å². The average molecular weight is 276 g/mol. The summed E-state index contributed by atoms with van der Waals surface area (Å²) in [5.74, 6) is 0. The summed E-state index contributed by atoms with van der Waals surface area (Å²) in [6.07, 6.45) is 4.95. The number of anilines is 1. The molecule has 0 bridgehead atoms. The first kappa shape index (κ1) is 15.3. The SMILES string of the molecule is CCC(CO)NC(C)c1ccc(N2CCCCC2)cc1. The molecule has 2 N–H and O–H groups in total. The quantitative estimate of drug-likeness (QED) is 0.838. The lowest BCUT2D eigenvalue weighted by Crippen LogP contribution is -2.34. The number of aliphatic hydroxyl groups excluding tert-OH is 1. The van der Waals surface area contributed by atoms with Crippen LogP contribution in [0.5, 0.6) is 0 Å². The fourth-order valence-corrected chi connectivity index (χ4v) is 2.88. The molecule has 0 aliphatic carbocycles. The highest BCUT2D eigenvalue weighted by Gasteiger charge is 2.13. The van der Waals surface area contributed by atoms with Gasteiger partial charge in [-0.25, -0.2) is 0 Å². The van der Waals surface area contributed by atoms with E-state index in [1.54, 1.807) is 0 Å². The summed E-state index contributed by atoms with van der Waals surface area (Å²) in [6, 6.07) is 9.36. The van der Waals surface area contributed by atoms with Crippen molar-refractivity contribution in [2.45, 2.75) is 51.6 Å². The van der Waals surface area contributed by atoms with Crippen molar-refractivity contribution in [3.8, 4) is 0 Å². The zero-order valence-electron chi connectivity index (χ0n) is 12.8. The van der Waals surface area contributed by atoms with Crippen molar-refractivity contribution >= 4 is 5.69 Å². The molecule has 1 aliphatic heterocycles. The van der Waals surface area contributed by atoms with Crippen LogP contribution < -0.4 is 10.2 Å². The van der Waals surface area contributed by atoms with Gasteiger partial charge in [0.15, 0.2) is 0 Å². The molecule has 2 atom stereocenters. The lowest BCUT2D eigenvalue weighted by molar-refractivity contribution is 0.230. The normalized spacial score (nSPS) is 18.9. The maximum atomic E-state index is 9.27. The molecule has 0 radical (unpaired) electrons. The van der Waals surface area contributed by atoms with Crippen molar-refractivity contribution in [1.29, 1.82) is 0 Å². The molecule has 2 rings (SSSR count). The minimum atomic E-state index is 0.187. The van der Waals surface area contributed by atoms with Gasteiger partial charge in [0.1, 0.15) is 0 Å². The van der Waals surface area contributed by atoms with Crippen LogP contribution >= 0.6 is 0 Å². The van der Waals surface area contributed by atoms with Gasteiger partial charge in [0.05, 0.1) is 6.61 Å². The first-order chi connectivity index (χ1) is 9.74. The molecule has 0 spiro atoms. The Morgan fingerprint density at radius 3 is 2.35 bits per heavy atom. The summed E-state index contributed by atoms with van der Waals surface area (Å²) in [7, 11) is 0. The summed E-state index contributed by atoms with van der Waals surface area (Å²) in [5.41, 5.74) is 2.63. The molecular weight excluding hydrogens is 248 g/mol. The van der Waals surface area contributed by atoms with E-state index in [1.807, 2.05) is 0 Å². The van der Waals surface area contributed by atoms with E-state index in [4.69, 9.17) is 0 Å². The maximum absolute atomic E-state index is 9.27. The number of nitrogens with one attached hydrogen (secondary N) is 1. The summed E-state index contributed by atoms with van der Waals surface area (Å²) >= 11 is 0. The molecule has 0 amide bonds. The molecule has 1 saturated heterocycles. The van der Waals surface area contributed by atoms with Crippen LogP contribution in [0.15, 0.2) is 24.3 Å². The van der Waals surface area contributed by atoms with Gasteiger partial charge in [-0.05, 0) is 50.3 Å². The number of hydrogen-bond acceptors (Lipinski definition) is 3. The van der Waals surface area contributed by atoms with Gasteiger partial charge >= 0.3 is 0 Å². The Morgan fingerprint density at radius 1 is 1.15 bits per heavy atom. The highest BCUT2D eigenvalue weighted by Crippen LogP contribution is 2.22. The largest absolute Gasteiger partial charge is 0.395 e. The molecule has 1 fully saturated rings. The molecule has 2 unspecified atom stereocenters. The third kappa shape index (κ3) is 3.97. The first-order valence-electron chi connectivity index (χ1n) is 7.96. The van der Waals surface area contributed by atoms with Crippen molar-refractivity contribution in [1.82, 2.24) is 5.32 Å². The highest BCUT2D eigenvalue weighted by atomic mass is 16.3. The van der Waals surface area contributed by atoms with Crippen molar-refractivity contribution in [3.05, 3.63) is 29.8 Å². The number of piperidine rings is 1. The van der Waals surface area contributed by atoms with E-state index in [-0.39, 0.29) is 18.7 Å². The van der Waals surface area contributed by atoms with E-state index >= 15 is 0 Å². The lowest BCUT2D eigenvalue weighted by atomic mass is 10.0. The molecule has 0 aromatic heterocycles. The van der Waals surface area contributed by atoms with Crippen molar-refractivity contribution in [2.75, 3.05) is 24.6 Å². The summed E-state index contributed by atoms with van der Waals surface area (Å²) in [6.45, 7) is 6.84. The van der Waals surface area contributed by atoms with Crippen LogP contribution in [0, 0.1) is 0 Å². The number of nitrogens with zero attached hydrogens (tertiary/aromatic N) is 1. The first-order valence-corrected chi connectivity index (χ1v) is 7.96. The number of rotatable bonds is 6. The van der Waals surface area contributed by atoms with Gasteiger partial charge in [0, 0.05) is 30.9 Å². The van der Waals surface area contributed by atoms with Crippen LogP contribution in [0.3, 0.4) is 0 Å². The van der Waals surface area contributed by atoms with Crippen molar-refractivity contribution < 1.29 is 5.11 Å². The number of hydrogen-bond donors (Lipinski definition) is 2. The fraction of sp³-hybridized carbons (Fsp3) is 0.647. The summed E-state index contributed by atoms with van der Waals surface area (Å²) < 4.78 is 0. The van der Waals surface area contributed by atoms with Gasteiger partial charge in [0.2, 0.25) is 0 Å². The molecule has 1 heterocycles. The minimum absolute atomic E-state index is 0.187. The zero-order chi connectivity index (χ0) is 14.4. The minimum Gasteiger partial charge on any atom is -0.395 e. The Kier molecular flexibility index (Phi) is 5.86. The smallest absolute Gasteiger partial charge is 0.0584 e. The fourth-order valence-electron chi connectivity index (χ4n) is 2.88.